The van der Waals surface area contributed by atoms with E-state index in [1.54, 1.807) is 28.8 Å². The number of thioether (sulfide) groups is 1. The number of benzene rings is 2. The van der Waals surface area contributed by atoms with Crippen LogP contribution in [0.3, 0.4) is 0 Å². The number of anilines is 1. The Morgan fingerprint density at radius 3 is 2.71 bits per heavy atom. The number of ether oxygens (including phenoxy) is 2. The molecule has 0 aliphatic carbocycles. The van der Waals surface area contributed by atoms with Gasteiger partial charge >= 0.3 is 0 Å². The predicted molar refractivity (Wildman–Crippen MR) is 123 cm³/mol. The number of hydrogen-bond donors (Lipinski definition) is 1. The van der Waals surface area contributed by atoms with Gasteiger partial charge in [0.2, 0.25) is 5.91 Å². The lowest BCUT2D eigenvalue weighted by molar-refractivity contribution is -0.113. The van der Waals surface area contributed by atoms with E-state index in [0.29, 0.717) is 44.8 Å². The topological polar surface area (TPSA) is 78.3 Å². The lowest BCUT2D eigenvalue weighted by atomic mass is 10.3. The Hall–Kier alpha value is -2.42. The number of nitrogens with zero attached hydrogens (tertiary/aromatic N) is 3. The van der Waals surface area contributed by atoms with Crippen molar-refractivity contribution in [1.82, 2.24) is 14.8 Å². The minimum absolute atomic E-state index is 0.168. The molecule has 0 bridgehead atoms. The standard InChI is InChI=1S/C21H22Cl2N4O3S/c1-4-29-18-8-6-5-7-16(18)24-19(28)12-31-21-26-25-20(27(21)3)13(2)30-17-10-9-14(22)11-15(17)23/h5-11,13H,4,12H2,1-3H3,(H,24,28). The SMILES string of the molecule is CCOc1ccccc1NC(=O)CSc1nnc(C(C)Oc2ccc(Cl)cc2Cl)n1C. The van der Waals surface area contributed by atoms with E-state index >= 15 is 0 Å². The van der Waals surface area contributed by atoms with E-state index in [4.69, 9.17) is 32.7 Å². The number of rotatable bonds is 9. The maximum Gasteiger partial charge on any atom is 0.234 e. The van der Waals surface area contributed by atoms with E-state index in [2.05, 4.69) is 15.5 Å². The van der Waals surface area contributed by atoms with Gasteiger partial charge in [0.1, 0.15) is 11.5 Å². The van der Waals surface area contributed by atoms with Crippen LogP contribution in [0.4, 0.5) is 5.69 Å². The summed E-state index contributed by atoms with van der Waals surface area (Å²) in [7, 11) is 1.82. The van der Waals surface area contributed by atoms with Gasteiger partial charge in [-0.05, 0) is 44.2 Å². The number of carbonyl (C=O) groups is 1. The molecule has 2 aromatic carbocycles. The Bertz CT molecular complexity index is 1060. The second-order valence-electron chi connectivity index (χ2n) is 6.50. The quantitative estimate of drug-likeness (QED) is 0.413. The largest absolute Gasteiger partial charge is 0.492 e. The van der Waals surface area contributed by atoms with Crippen molar-refractivity contribution in [3.63, 3.8) is 0 Å². The number of halogens is 2. The van der Waals surface area contributed by atoms with E-state index < -0.39 is 6.10 Å². The highest BCUT2D eigenvalue weighted by atomic mass is 35.5. The molecule has 0 saturated heterocycles. The zero-order chi connectivity index (χ0) is 22.4. The highest BCUT2D eigenvalue weighted by Crippen LogP contribution is 2.31. The van der Waals surface area contributed by atoms with Gasteiger partial charge in [-0.3, -0.25) is 4.79 Å². The summed E-state index contributed by atoms with van der Waals surface area (Å²) in [6.45, 7) is 4.26. The van der Waals surface area contributed by atoms with E-state index in [1.807, 2.05) is 39.1 Å². The van der Waals surface area contributed by atoms with Crippen molar-refractivity contribution in [2.45, 2.75) is 25.1 Å². The van der Waals surface area contributed by atoms with E-state index in [-0.39, 0.29) is 11.7 Å². The number of amides is 1. The molecule has 164 valence electrons. The molecule has 10 heteroatoms. The van der Waals surface area contributed by atoms with E-state index in [1.165, 1.54) is 11.8 Å². The molecular formula is C21H22Cl2N4O3S. The Morgan fingerprint density at radius 2 is 1.97 bits per heavy atom. The van der Waals surface area contributed by atoms with Crippen molar-refractivity contribution >= 4 is 46.6 Å². The first-order valence-electron chi connectivity index (χ1n) is 9.54. The third-order valence-corrected chi connectivity index (χ3v) is 5.77. The molecule has 31 heavy (non-hydrogen) atoms. The number of hydrogen-bond acceptors (Lipinski definition) is 6. The Labute approximate surface area is 195 Å². The van der Waals surface area contributed by atoms with Crippen molar-refractivity contribution in [2.75, 3.05) is 17.7 Å². The lowest BCUT2D eigenvalue weighted by Crippen LogP contribution is -2.15. The van der Waals surface area contributed by atoms with Crippen LogP contribution in [-0.4, -0.2) is 33.0 Å². The average molecular weight is 481 g/mol. The van der Waals surface area contributed by atoms with Gasteiger partial charge in [-0.2, -0.15) is 0 Å². The molecule has 0 fully saturated rings. The van der Waals surface area contributed by atoms with Gasteiger partial charge in [0.15, 0.2) is 17.1 Å². The Balaban J connectivity index is 1.60. The maximum absolute atomic E-state index is 12.4. The van der Waals surface area contributed by atoms with E-state index in [9.17, 15) is 4.79 Å². The summed E-state index contributed by atoms with van der Waals surface area (Å²) in [5, 5.41) is 12.8. The molecule has 3 aromatic rings. The first kappa shape index (κ1) is 23.2. The van der Waals surface area contributed by atoms with Crippen LogP contribution in [0.1, 0.15) is 25.8 Å². The second-order valence-corrected chi connectivity index (χ2v) is 8.29. The van der Waals surface area contributed by atoms with Crippen LogP contribution in [0.2, 0.25) is 10.0 Å². The smallest absolute Gasteiger partial charge is 0.234 e. The monoisotopic (exact) mass is 480 g/mol. The van der Waals surface area contributed by atoms with Crippen LogP contribution < -0.4 is 14.8 Å². The van der Waals surface area contributed by atoms with E-state index in [0.717, 1.165) is 0 Å². The fourth-order valence-corrected chi connectivity index (χ4v) is 3.96. The van der Waals surface area contributed by atoms with Gasteiger partial charge in [0.25, 0.3) is 0 Å². The third-order valence-electron chi connectivity index (χ3n) is 4.22. The van der Waals surface area contributed by atoms with Gasteiger partial charge < -0.3 is 19.4 Å². The Kier molecular flexibility index (Phi) is 8.06. The number of nitrogens with one attached hydrogen (secondary N) is 1. The molecule has 1 heterocycles. The summed E-state index contributed by atoms with van der Waals surface area (Å²) >= 11 is 13.4. The van der Waals surface area contributed by atoms with Crippen molar-refractivity contribution in [3.8, 4) is 11.5 Å². The van der Waals surface area contributed by atoms with Gasteiger partial charge in [0.05, 0.1) is 23.1 Å². The van der Waals surface area contributed by atoms with Crippen LogP contribution in [0.5, 0.6) is 11.5 Å². The summed E-state index contributed by atoms with van der Waals surface area (Å²) in [4.78, 5) is 12.4. The molecule has 3 rings (SSSR count). The van der Waals surface area contributed by atoms with Crippen LogP contribution >= 0.6 is 35.0 Å². The Morgan fingerprint density at radius 1 is 1.19 bits per heavy atom. The minimum Gasteiger partial charge on any atom is -0.492 e. The molecule has 0 aliphatic rings. The average Bonchev–Trinajstić information content (AvgIpc) is 3.10. The molecule has 1 atom stereocenters. The highest BCUT2D eigenvalue weighted by Gasteiger charge is 2.19. The molecule has 0 saturated carbocycles. The molecule has 0 radical (unpaired) electrons. The van der Waals surface area contributed by atoms with Crippen molar-refractivity contribution in [3.05, 3.63) is 58.3 Å². The maximum atomic E-state index is 12.4. The number of aromatic nitrogens is 3. The second kappa shape index (κ2) is 10.7. The molecule has 1 unspecified atom stereocenters. The highest BCUT2D eigenvalue weighted by molar-refractivity contribution is 7.99. The van der Waals surface area contributed by atoms with Crippen molar-refractivity contribution in [1.29, 1.82) is 0 Å². The lowest BCUT2D eigenvalue weighted by Gasteiger charge is -2.15. The number of para-hydroxylation sites is 2. The molecule has 0 spiro atoms. The van der Waals surface area contributed by atoms with Gasteiger partial charge in [-0.1, -0.05) is 47.1 Å². The molecule has 1 amide bonds. The number of carbonyl (C=O) groups excluding carboxylic acids is 1. The van der Waals surface area contributed by atoms with Crippen LogP contribution in [0.15, 0.2) is 47.6 Å². The third kappa shape index (κ3) is 6.06. The fourth-order valence-electron chi connectivity index (χ4n) is 2.79. The molecule has 0 aliphatic heterocycles. The fraction of sp³-hybridized carbons (Fsp3) is 0.286. The molecule has 1 aromatic heterocycles. The van der Waals surface area contributed by atoms with Crippen molar-refractivity contribution in [2.24, 2.45) is 7.05 Å². The summed E-state index contributed by atoms with van der Waals surface area (Å²) in [5.74, 6) is 1.75. The zero-order valence-corrected chi connectivity index (χ0v) is 19.6. The van der Waals surface area contributed by atoms with Crippen LogP contribution in [0.25, 0.3) is 0 Å². The van der Waals surface area contributed by atoms with Gasteiger partial charge in [-0.25, -0.2) is 0 Å². The first-order valence-corrected chi connectivity index (χ1v) is 11.3. The van der Waals surface area contributed by atoms with Gasteiger partial charge in [-0.15, -0.1) is 10.2 Å². The van der Waals surface area contributed by atoms with Crippen LogP contribution in [-0.2, 0) is 11.8 Å². The zero-order valence-electron chi connectivity index (χ0n) is 17.3. The van der Waals surface area contributed by atoms with Gasteiger partial charge in [0, 0.05) is 12.1 Å². The van der Waals surface area contributed by atoms with Crippen LogP contribution in [0, 0.1) is 0 Å². The predicted octanol–water partition coefficient (Wildman–Crippen LogP) is 5.39. The normalized spacial score (nSPS) is 11.8. The summed E-state index contributed by atoms with van der Waals surface area (Å²) in [6.07, 6.45) is -0.405. The summed E-state index contributed by atoms with van der Waals surface area (Å²) in [5.41, 5.74) is 0.635. The first-order chi connectivity index (χ1) is 14.9. The molecular weight excluding hydrogens is 459 g/mol. The minimum atomic E-state index is -0.405. The summed E-state index contributed by atoms with van der Waals surface area (Å²) < 4.78 is 13.2. The summed E-state index contributed by atoms with van der Waals surface area (Å²) in [6, 6.07) is 12.3. The molecule has 7 nitrogen and oxygen atoms in total. The van der Waals surface area contributed by atoms with Crippen molar-refractivity contribution < 1.29 is 14.3 Å². The molecule has 1 N–H and O–H groups in total.